The minimum absolute atomic E-state index is 0.000370. The zero-order valence-electron chi connectivity index (χ0n) is 9.05. The van der Waals surface area contributed by atoms with Gasteiger partial charge in [-0.3, -0.25) is 4.79 Å². The van der Waals surface area contributed by atoms with Crippen molar-refractivity contribution in [1.29, 1.82) is 0 Å². The van der Waals surface area contributed by atoms with E-state index in [2.05, 4.69) is 0 Å². The van der Waals surface area contributed by atoms with Crippen LogP contribution in [0.2, 0.25) is 0 Å². The number of alkyl halides is 6. The van der Waals surface area contributed by atoms with Crippen molar-refractivity contribution < 1.29 is 36.2 Å². The molecule has 106 valence electrons. The summed E-state index contributed by atoms with van der Waals surface area (Å²) in [6.45, 7) is -0.988. The third-order valence-electron chi connectivity index (χ3n) is 2.77. The van der Waals surface area contributed by atoms with E-state index in [0.29, 0.717) is 4.90 Å². The van der Waals surface area contributed by atoms with Gasteiger partial charge in [0.15, 0.2) is 6.10 Å². The quantitative estimate of drug-likeness (QED) is 0.742. The van der Waals surface area contributed by atoms with Crippen LogP contribution in [0.25, 0.3) is 0 Å². The van der Waals surface area contributed by atoms with E-state index in [0.717, 1.165) is 0 Å². The lowest BCUT2D eigenvalue weighted by atomic mass is 9.92. The van der Waals surface area contributed by atoms with Gasteiger partial charge in [-0.05, 0) is 12.8 Å². The van der Waals surface area contributed by atoms with Crippen molar-refractivity contribution in [3.63, 3.8) is 0 Å². The van der Waals surface area contributed by atoms with E-state index in [-0.39, 0.29) is 19.4 Å². The average molecular weight is 279 g/mol. The summed E-state index contributed by atoms with van der Waals surface area (Å²) in [7, 11) is 0. The molecule has 0 aromatic carbocycles. The lowest BCUT2D eigenvalue weighted by Crippen LogP contribution is -2.50. The van der Waals surface area contributed by atoms with Crippen LogP contribution in [0, 0.1) is 5.92 Å². The Labute approximate surface area is 98.4 Å². The van der Waals surface area contributed by atoms with Gasteiger partial charge in [0.2, 0.25) is 0 Å². The lowest BCUT2D eigenvalue weighted by Gasteiger charge is -2.35. The molecule has 1 aliphatic heterocycles. The molecule has 0 radical (unpaired) electrons. The number of hydrogen-bond acceptors (Lipinski definition) is 2. The summed E-state index contributed by atoms with van der Waals surface area (Å²) in [5.74, 6) is -3.58. The van der Waals surface area contributed by atoms with Gasteiger partial charge in [0.1, 0.15) is 0 Å². The first kappa shape index (κ1) is 15.1. The summed E-state index contributed by atoms with van der Waals surface area (Å²) < 4.78 is 73.0. The third kappa shape index (κ3) is 3.50. The standard InChI is InChI=1S/C9H11F6NO2/c10-8(11,12)6(17)5-2-1-3-16(4-5)7(18)9(13,14)15/h5-6,17H,1-4H2/t5-,6+/m0/s1. The largest absolute Gasteiger partial charge is 0.471 e. The molecule has 1 aliphatic rings. The molecule has 1 N–H and O–H groups in total. The van der Waals surface area contributed by atoms with Crippen LogP contribution in [0.15, 0.2) is 0 Å². The number of amides is 1. The highest BCUT2D eigenvalue weighted by Crippen LogP contribution is 2.32. The van der Waals surface area contributed by atoms with Gasteiger partial charge in [-0.15, -0.1) is 0 Å². The Balaban J connectivity index is 2.70. The zero-order valence-corrected chi connectivity index (χ0v) is 9.05. The summed E-state index contributed by atoms with van der Waals surface area (Å²) >= 11 is 0. The fourth-order valence-electron chi connectivity index (χ4n) is 1.90. The van der Waals surface area contributed by atoms with Crippen LogP contribution >= 0.6 is 0 Å². The van der Waals surface area contributed by atoms with Crippen molar-refractivity contribution >= 4 is 5.91 Å². The summed E-state index contributed by atoms with van der Waals surface area (Å²) in [4.78, 5) is 11.2. The number of nitrogens with zero attached hydrogens (tertiary/aromatic N) is 1. The fourth-order valence-corrected chi connectivity index (χ4v) is 1.90. The van der Waals surface area contributed by atoms with Crippen LogP contribution in [-0.2, 0) is 4.79 Å². The van der Waals surface area contributed by atoms with Gasteiger partial charge >= 0.3 is 18.3 Å². The molecule has 1 heterocycles. The smallest absolute Gasteiger partial charge is 0.383 e. The van der Waals surface area contributed by atoms with E-state index in [9.17, 15) is 31.1 Å². The summed E-state index contributed by atoms with van der Waals surface area (Å²) in [6.07, 6.45) is -12.8. The van der Waals surface area contributed by atoms with Crippen LogP contribution in [0.5, 0.6) is 0 Å². The second kappa shape index (κ2) is 4.94. The van der Waals surface area contributed by atoms with Crippen LogP contribution < -0.4 is 0 Å². The molecule has 0 saturated carbocycles. The maximum Gasteiger partial charge on any atom is 0.471 e. The van der Waals surface area contributed by atoms with Crippen LogP contribution in [-0.4, -0.2) is 47.5 Å². The summed E-state index contributed by atoms with van der Waals surface area (Å²) in [6, 6.07) is 0. The summed E-state index contributed by atoms with van der Waals surface area (Å²) in [5, 5.41) is 8.97. The fraction of sp³-hybridized carbons (Fsp3) is 0.889. The third-order valence-corrected chi connectivity index (χ3v) is 2.77. The topological polar surface area (TPSA) is 40.5 Å². The van der Waals surface area contributed by atoms with E-state index in [1.54, 1.807) is 0 Å². The van der Waals surface area contributed by atoms with E-state index in [1.165, 1.54) is 0 Å². The molecule has 0 bridgehead atoms. The molecule has 0 spiro atoms. The second-order valence-electron chi connectivity index (χ2n) is 4.14. The molecule has 1 rings (SSSR count). The maximum absolute atomic E-state index is 12.2. The predicted molar refractivity (Wildman–Crippen MR) is 47.4 cm³/mol. The number of halogens is 6. The Bertz CT molecular complexity index is 313. The highest BCUT2D eigenvalue weighted by Gasteiger charge is 2.48. The molecule has 9 heteroatoms. The Morgan fingerprint density at radius 1 is 1.22 bits per heavy atom. The number of carbonyl (C=O) groups excluding carboxylic acids is 1. The molecule has 18 heavy (non-hydrogen) atoms. The first-order valence-corrected chi connectivity index (χ1v) is 5.14. The molecule has 1 fully saturated rings. The van der Waals surface area contributed by atoms with Crippen molar-refractivity contribution in [3.05, 3.63) is 0 Å². The molecular formula is C9H11F6NO2. The van der Waals surface area contributed by atoms with Crippen molar-refractivity contribution in [2.45, 2.75) is 31.3 Å². The van der Waals surface area contributed by atoms with Gasteiger partial charge in [-0.25, -0.2) is 0 Å². The number of piperidine rings is 1. The Morgan fingerprint density at radius 3 is 2.22 bits per heavy atom. The van der Waals surface area contributed by atoms with Crippen LogP contribution in [0.4, 0.5) is 26.3 Å². The van der Waals surface area contributed by atoms with E-state index >= 15 is 0 Å². The first-order valence-electron chi connectivity index (χ1n) is 5.14. The van der Waals surface area contributed by atoms with Crippen LogP contribution in [0.3, 0.4) is 0 Å². The first-order chi connectivity index (χ1) is 8.03. The van der Waals surface area contributed by atoms with Crippen molar-refractivity contribution in [1.82, 2.24) is 4.90 Å². The number of aliphatic hydroxyl groups is 1. The molecule has 0 aromatic rings. The van der Waals surface area contributed by atoms with Gasteiger partial charge in [0, 0.05) is 19.0 Å². The normalized spacial score (nSPS) is 23.9. The van der Waals surface area contributed by atoms with E-state index in [1.807, 2.05) is 0 Å². The molecular weight excluding hydrogens is 268 g/mol. The minimum atomic E-state index is -5.11. The van der Waals surface area contributed by atoms with Gasteiger partial charge in [0.05, 0.1) is 0 Å². The van der Waals surface area contributed by atoms with Crippen molar-refractivity contribution in [3.8, 4) is 0 Å². The number of carbonyl (C=O) groups is 1. The van der Waals surface area contributed by atoms with Crippen molar-refractivity contribution in [2.75, 3.05) is 13.1 Å². The highest BCUT2D eigenvalue weighted by molar-refractivity contribution is 5.81. The lowest BCUT2D eigenvalue weighted by molar-refractivity contribution is -0.226. The number of hydrogen-bond donors (Lipinski definition) is 1. The van der Waals surface area contributed by atoms with Gasteiger partial charge < -0.3 is 10.0 Å². The minimum Gasteiger partial charge on any atom is -0.383 e. The number of likely N-dealkylation sites (tertiary alicyclic amines) is 1. The number of aliphatic hydroxyl groups excluding tert-OH is 1. The molecule has 1 amide bonds. The van der Waals surface area contributed by atoms with E-state index < -0.39 is 36.8 Å². The molecule has 3 nitrogen and oxygen atoms in total. The molecule has 0 unspecified atom stereocenters. The van der Waals surface area contributed by atoms with Gasteiger partial charge in [0.25, 0.3) is 0 Å². The van der Waals surface area contributed by atoms with Gasteiger partial charge in [-0.1, -0.05) is 0 Å². The monoisotopic (exact) mass is 279 g/mol. The molecule has 1 saturated heterocycles. The van der Waals surface area contributed by atoms with Crippen LogP contribution in [0.1, 0.15) is 12.8 Å². The molecule has 2 atom stereocenters. The Kier molecular flexibility index (Phi) is 4.14. The zero-order chi connectivity index (χ0) is 14.1. The number of rotatable bonds is 1. The van der Waals surface area contributed by atoms with Gasteiger partial charge in [-0.2, -0.15) is 26.3 Å². The second-order valence-corrected chi connectivity index (χ2v) is 4.14. The predicted octanol–water partition coefficient (Wildman–Crippen LogP) is 1.71. The Morgan fingerprint density at radius 2 is 1.78 bits per heavy atom. The van der Waals surface area contributed by atoms with E-state index in [4.69, 9.17) is 5.11 Å². The SMILES string of the molecule is O=C(N1CCC[C@H]([C@@H](O)C(F)(F)F)C1)C(F)(F)F. The molecule has 0 aromatic heterocycles. The van der Waals surface area contributed by atoms with Crippen molar-refractivity contribution in [2.24, 2.45) is 5.92 Å². The summed E-state index contributed by atoms with van der Waals surface area (Å²) in [5.41, 5.74) is 0. The average Bonchev–Trinajstić information content (AvgIpc) is 2.24. The molecule has 0 aliphatic carbocycles. The highest BCUT2D eigenvalue weighted by atomic mass is 19.4. The Hall–Kier alpha value is -0.990. The maximum atomic E-state index is 12.2.